The van der Waals surface area contributed by atoms with Crippen molar-refractivity contribution in [2.45, 2.75) is 49.2 Å². The SMILES string of the molecule is CCCn1c(SCC(=O)N2CCC(Cc3ccccc3)CC2)nc2cc(S(N)(=O)=O)ccc21. The van der Waals surface area contributed by atoms with Gasteiger partial charge in [-0.1, -0.05) is 49.0 Å². The summed E-state index contributed by atoms with van der Waals surface area (Å²) < 4.78 is 25.4. The van der Waals surface area contributed by atoms with Crippen molar-refractivity contribution in [1.82, 2.24) is 14.5 Å². The molecule has 1 saturated heterocycles. The van der Waals surface area contributed by atoms with E-state index in [9.17, 15) is 13.2 Å². The van der Waals surface area contributed by atoms with Crippen molar-refractivity contribution in [2.75, 3.05) is 18.8 Å². The molecule has 1 amide bonds. The lowest BCUT2D eigenvalue weighted by atomic mass is 9.90. The molecule has 0 unspecified atom stereocenters. The number of thioether (sulfide) groups is 1. The second-order valence-electron chi connectivity index (χ2n) is 8.54. The van der Waals surface area contributed by atoms with Crippen LogP contribution < -0.4 is 5.14 Å². The number of benzene rings is 2. The third kappa shape index (κ3) is 5.77. The Balaban J connectivity index is 1.38. The summed E-state index contributed by atoms with van der Waals surface area (Å²) in [5.74, 6) is 1.06. The van der Waals surface area contributed by atoms with Crippen LogP contribution in [0.4, 0.5) is 0 Å². The number of likely N-dealkylation sites (tertiary alicyclic amines) is 1. The lowest BCUT2D eigenvalue weighted by molar-refractivity contribution is -0.129. The Morgan fingerprint density at radius 3 is 2.55 bits per heavy atom. The van der Waals surface area contributed by atoms with Gasteiger partial charge in [-0.2, -0.15) is 0 Å². The van der Waals surface area contributed by atoms with Crippen LogP contribution in [0.2, 0.25) is 0 Å². The molecule has 176 valence electrons. The van der Waals surface area contributed by atoms with Crippen molar-refractivity contribution in [3.05, 3.63) is 54.1 Å². The van der Waals surface area contributed by atoms with Crippen LogP contribution in [0.1, 0.15) is 31.7 Å². The van der Waals surface area contributed by atoms with E-state index in [1.54, 1.807) is 6.07 Å². The number of rotatable bonds is 8. The standard InChI is InChI=1S/C24H30N4O3S2/c1-2-12-28-22-9-8-20(33(25,30)31)16-21(22)26-24(28)32-17-23(29)27-13-10-19(11-14-27)15-18-6-4-3-5-7-18/h3-9,16,19H,2,10-15,17H2,1H3,(H2,25,30,31). The highest BCUT2D eigenvalue weighted by molar-refractivity contribution is 7.99. The van der Waals surface area contributed by atoms with Gasteiger partial charge in [0.25, 0.3) is 0 Å². The Morgan fingerprint density at radius 1 is 1.15 bits per heavy atom. The molecule has 2 N–H and O–H groups in total. The molecule has 1 fully saturated rings. The Kier molecular flexibility index (Phi) is 7.41. The first-order valence-electron chi connectivity index (χ1n) is 11.3. The third-order valence-corrected chi connectivity index (χ3v) is 7.99. The van der Waals surface area contributed by atoms with Crippen molar-refractivity contribution in [1.29, 1.82) is 0 Å². The first-order chi connectivity index (χ1) is 15.8. The normalized spacial score (nSPS) is 15.3. The van der Waals surface area contributed by atoms with Gasteiger partial charge in [-0.05, 0) is 55.4 Å². The lowest BCUT2D eigenvalue weighted by Gasteiger charge is -2.32. The molecule has 0 spiro atoms. The molecule has 1 aliphatic rings. The summed E-state index contributed by atoms with van der Waals surface area (Å²) >= 11 is 1.41. The highest BCUT2D eigenvalue weighted by Crippen LogP contribution is 2.28. The van der Waals surface area contributed by atoms with Gasteiger partial charge in [0.15, 0.2) is 5.16 Å². The van der Waals surface area contributed by atoms with Gasteiger partial charge in [-0.15, -0.1) is 0 Å². The summed E-state index contributed by atoms with van der Waals surface area (Å²) in [4.78, 5) is 19.5. The summed E-state index contributed by atoms with van der Waals surface area (Å²) in [6, 6.07) is 15.3. The second-order valence-corrected chi connectivity index (χ2v) is 11.0. The quantitative estimate of drug-likeness (QED) is 0.490. The summed E-state index contributed by atoms with van der Waals surface area (Å²) in [5.41, 5.74) is 2.78. The summed E-state index contributed by atoms with van der Waals surface area (Å²) in [7, 11) is -3.79. The van der Waals surface area contributed by atoms with Crippen LogP contribution in [0.15, 0.2) is 58.6 Å². The number of carbonyl (C=O) groups is 1. The molecular formula is C24H30N4O3S2. The number of fused-ring (bicyclic) bond motifs is 1. The average molecular weight is 487 g/mol. The molecule has 2 aromatic carbocycles. The number of nitrogens with two attached hydrogens (primary N) is 1. The van der Waals surface area contributed by atoms with Crippen molar-refractivity contribution in [3.8, 4) is 0 Å². The third-order valence-electron chi connectivity index (χ3n) is 6.12. The number of imidazole rings is 1. The molecule has 3 aromatic rings. The minimum atomic E-state index is -3.79. The van der Waals surface area contributed by atoms with Gasteiger partial charge in [0, 0.05) is 19.6 Å². The number of amides is 1. The van der Waals surface area contributed by atoms with Crippen LogP contribution in [0.25, 0.3) is 11.0 Å². The molecule has 0 radical (unpaired) electrons. The van der Waals surface area contributed by atoms with E-state index in [1.165, 1.54) is 29.5 Å². The number of hydrogen-bond donors (Lipinski definition) is 1. The van der Waals surface area contributed by atoms with Crippen LogP contribution >= 0.6 is 11.8 Å². The molecule has 7 nitrogen and oxygen atoms in total. The Morgan fingerprint density at radius 2 is 1.88 bits per heavy atom. The molecule has 9 heteroatoms. The van der Waals surface area contributed by atoms with E-state index in [0.717, 1.165) is 56.0 Å². The number of hydrogen-bond acceptors (Lipinski definition) is 5. The Bertz CT molecular complexity index is 1220. The maximum absolute atomic E-state index is 12.9. The molecular weight excluding hydrogens is 456 g/mol. The number of aromatic nitrogens is 2. The highest BCUT2D eigenvalue weighted by atomic mass is 32.2. The van der Waals surface area contributed by atoms with E-state index in [2.05, 4.69) is 36.2 Å². The van der Waals surface area contributed by atoms with E-state index in [4.69, 9.17) is 5.14 Å². The smallest absolute Gasteiger partial charge is 0.238 e. The maximum atomic E-state index is 12.9. The fraction of sp³-hybridized carbons (Fsp3) is 0.417. The number of aryl methyl sites for hydroxylation is 1. The first-order valence-corrected chi connectivity index (χ1v) is 13.9. The van der Waals surface area contributed by atoms with Crippen LogP contribution in [-0.4, -0.2) is 47.6 Å². The molecule has 1 aromatic heterocycles. The predicted molar refractivity (Wildman–Crippen MR) is 132 cm³/mol. The number of primary sulfonamides is 1. The first kappa shape index (κ1) is 23.8. The Hall–Kier alpha value is -2.36. The van der Waals surface area contributed by atoms with Gasteiger partial charge >= 0.3 is 0 Å². The number of sulfonamides is 1. The van der Waals surface area contributed by atoms with Crippen LogP contribution in [0.5, 0.6) is 0 Å². The van der Waals surface area contributed by atoms with Crippen molar-refractivity contribution in [3.63, 3.8) is 0 Å². The fourth-order valence-corrected chi connectivity index (χ4v) is 5.84. The largest absolute Gasteiger partial charge is 0.342 e. The van der Waals surface area contributed by atoms with Crippen molar-refractivity contribution >= 4 is 38.7 Å². The molecule has 2 heterocycles. The van der Waals surface area contributed by atoms with Gasteiger partial charge in [0.2, 0.25) is 15.9 Å². The van der Waals surface area contributed by atoms with Crippen LogP contribution in [0, 0.1) is 5.92 Å². The molecule has 33 heavy (non-hydrogen) atoms. The second kappa shape index (κ2) is 10.3. The molecule has 0 bridgehead atoms. The van der Waals surface area contributed by atoms with Gasteiger partial charge in [0.05, 0.1) is 21.7 Å². The van der Waals surface area contributed by atoms with Crippen LogP contribution in [0.3, 0.4) is 0 Å². The van der Waals surface area contributed by atoms with Crippen molar-refractivity contribution < 1.29 is 13.2 Å². The predicted octanol–water partition coefficient (Wildman–Crippen LogP) is 3.67. The average Bonchev–Trinajstić information content (AvgIpc) is 3.15. The molecule has 0 aliphatic carbocycles. The number of nitrogens with zero attached hydrogens (tertiary/aromatic N) is 3. The number of carbonyl (C=O) groups excluding carboxylic acids is 1. The van der Waals surface area contributed by atoms with E-state index < -0.39 is 10.0 Å². The van der Waals surface area contributed by atoms with Crippen molar-refractivity contribution in [2.24, 2.45) is 11.1 Å². The molecule has 0 atom stereocenters. The topological polar surface area (TPSA) is 98.3 Å². The summed E-state index contributed by atoms with van der Waals surface area (Å²) in [5, 5.41) is 5.99. The van der Waals surface area contributed by atoms with Gasteiger partial charge < -0.3 is 9.47 Å². The van der Waals surface area contributed by atoms with Gasteiger partial charge in [0.1, 0.15) is 0 Å². The highest BCUT2D eigenvalue weighted by Gasteiger charge is 2.24. The van der Waals surface area contributed by atoms with Gasteiger partial charge in [-0.3, -0.25) is 4.79 Å². The fourth-order valence-electron chi connectivity index (χ4n) is 4.37. The summed E-state index contributed by atoms with van der Waals surface area (Å²) in [6.45, 7) is 4.40. The maximum Gasteiger partial charge on any atom is 0.238 e. The zero-order chi connectivity index (χ0) is 23.4. The van der Waals surface area contributed by atoms with E-state index in [0.29, 0.717) is 17.2 Å². The van der Waals surface area contributed by atoms with E-state index in [-0.39, 0.29) is 10.8 Å². The zero-order valence-electron chi connectivity index (χ0n) is 18.8. The monoisotopic (exact) mass is 486 g/mol. The Labute approximate surface area is 199 Å². The minimum absolute atomic E-state index is 0.0437. The molecule has 0 saturated carbocycles. The van der Waals surface area contributed by atoms with E-state index in [1.807, 2.05) is 15.5 Å². The zero-order valence-corrected chi connectivity index (χ0v) is 20.4. The number of piperidine rings is 1. The lowest BCUT2D eigenvalue weighted by Crippen LogP contribution is -2.39. The molecule has 1 aliphatic heterocycles. The van der Waals surface area contributed by atoms with Crippen LogP contribution in [-0.2, 0) is 27.8 Å². The molecule has 4 rings (SSSR count). The minimum Gasteiger partial charge on any atom is -0.342 e. The van der Waals surface area contributed by atoms with Gasteiger partial charge in [-0.25, -0.2) is 18.5 Å². The van der Waals surface area contributed by atoms with E-state index >= 15 is 0 Å². The summed E-state index contributed by atoms with van der Waals surface area (Å²) in [6.07, 6.45) is 4.02.